The SMILES string of the molecule is O=C(Nc1ccccc1C(=O)NCCc1cccnc1)c1ccsc1. The van der Waals surface area contributed by atoms with Gasteiger partial charge in [-0.2, -0.15) is 11.3 Å². The Hall–Kier alpha value is -2.99. The van der Waals surface area contributed by atoms with E-state index in [2.05, 4.69) is 15.6 Å². The number of aromatic nitrogens is 1. The molecule has 2 heterocycles. The van der Waals surface area contributed by atoms with Crippen molar-refractivity contribution in [1.29, 1.82) is 0 Å². The predicted octanol–water partition coefficient (Wildman–Crippen LogP) is 3.37. The second-order valence-electron chi connectivity index (χ2n) is 5.38. The van der Waals surface area contributed by atoms with Gasteiger partial charge in [-0.3, -0.25) is 14.6 Å². The van der Waals surface area contributed by atoms with E-state index in [1.54, 1.807) is 48.1 Å². The lowest BCUT2D eigenvalue weighted by molar-refractivity contribution is 0.0955. The lowest BCUT2D eigenvalue weighted by Crippen LogP contribution is -2.27. The summed E-state index contributed by atoms with van der Waals surface area (Å²) >= 11 is 1.45. The van der Waals surface area contributed by atoms with E-state index >= 15 is 0 Å². The fraction of sp³-hybridized carbons (Fsp3) is 0.105. The summed E-state index contributed by atoms with van der Waals surface area (Å²) in [6.07, 6.45) is 4.19. The molecule has 0 spiro atoms. The van der Waals surface area contributed by atoms with Crippen LogP contribution in [0.25, 0.3) is 0 Å². The molecule has 0 saturated carbocycles. The number of carbonyl (C=O) groups excluding carboxylic acids is 2. The standard InChI is InChI=1S/C19H17N3O2S/c23-18(15-8-11-25-13-15)22-17-6-2-1-5-16(17)19(24)21-10-7-14-4-3-9-20-12-14/h1-6,8-9,11-13H,7,10H2,(H,21,24)(H,22,23). The summed E-state index contributed by atoms with van der Waals surface area (Å²) in [5.74, 6) is -0.443. The fourth-order valence-corrected chi connectivity index (χ4v) is 2.98. The highest BCUT2D eigenvalue weighted by atomic mass is 32.1. The maximum absolute atomic E-state index is 12.4. The first-order chi connectivity index (χ1) is 12.2. The van der Waals surface area contributed by atoms with Gasteiger partial charge in [0.1, 0.15) is 0 Å². The summed E-state index contributed by atoms with van der Waals surface area (Å²) in [6, 6.07) is 12.6. The van der Waals surface area contributed by atoms with Crippen molar-refractivity contribution in [3.05, 3.63) is 82.3 Å². The number of para-hydroxylation sites is 1. The van der Waals surface area contributed by atoms with Crippen LogP contribution in [0.5, 0.6) is 0 Å². The molecule has 0 radical (unpaired) electrons. The number of pyridine rings is 1. The van der Waals surface area contributed by atoms with Crippen LogP contribution in [0.1, 0.15) is 26.3 Å². The number of nitrogens with one attached hydrogen (secondary N) is 2. The zero-order chi connectivity index (χ0) is 17.5. The van der Waals surface area contributed by atoms with Crippen LogP contribution in [0.3, 0.4) is 0 Å². The van der Waals surface area contributed by atoms with Crippen molar-refractivity contribution in [3.63, 3.8) is 0 Å². The Morgan fingerprint density at radius 3 is 2.68 bits per heavy atom. The van der Waals surface area contributed by atoms with Crippen LogP contribution >= 0.6 is 11.3 Å². The molecule has 0 aliphatic heterocycles. The zero-order valence-electron chi connectivity index (χ0n) is 13.4. The van der Waals surface area contributed by atoms with Crippen molar-refractivity contribution in [1.82, 2.24) is 10.3 Å². The molecule has 1 aromatic carbocycles. The van der Waals surface area contributed by atoms with Crippen molar-refractivity contribution in [3.8, 4) is 0 Å². The largest absolute Gasteiger partial charge is 0.352 e. The van der Waals surface area contributed by atoms with Crippen molar-refractivity contribution < 1.29 is 9.59 Å². The molecular formula is C19H17N3O2S. The highest BCUT2D eigenvalue weighted by molar-refractivity contribution is 7.08. The van der Waals surface area contributed by atoms with Gasteiger partial charge in [0.2, 0.25) is 0 Å². The molecule has 3 aromatic rings. The summed E-state index contributed by atoms with van der Waals surface area (Å²) in [5, 5.41) is 9.29. The van der Waals surface area contributed by atoms with E-state index in [1.807, 2.05) is 17.5 Å². The van der Waals surface area contributed by atoms with E-state index in [-0.39, 0.29) is 11.8 Å². The van der Waals surface area contributed by atoms with Crippen LogP contribution in [0.2, 0.25) is 0 Å². The number of carbonyl (C=O) groups is 2. The third-order valence-electron chi connectivity index (χ3n) is 3.63. The Bertz CT molecular complexity index is 848. The Balaban J connectivity index is 1.63. The predicted molar refractivity (Wildman–Crippen MR) is 99.0 cm³/mol. The van der Waals surface area contributed by atoms with Gasteiger partial charge in [-0.15, -0.1) is 0 Å². The van der Waals surface area contributed by atoms with Gasteiger partial charge < -0.3 is 10.6 Å². The minimum atomic E-state index is -0.225. The topological polar surface area (TPSA) is 71.1 Å². The average Bonchev–Trinajstić information content (AvgIpc) is 3.18. The minimum absolute atomic E-state index is 0.217. The van der Waals surface area contributed by atoms with Crippen molar-refractivity contribution in [2.75, 3.05) is 11.9 Å². The van der Waals surface area contributed by atoms with E-state index in [9.17, 15) is 9.59 Å². The van der Waals surface area contributed by atoms with E-state index < -0.39 is 0 Å². The molecule has 0 fully saturated rings. The van der Waals surface area contributed by atoms with Gasteiger partial charge in [-0.25, -0.2) is 0 Å². The number of anilines is 1. The van der Waals surface area contributed by atoms with Crippen LogP contribution in [0.4, 0.5) is 5.69 Å². The molecule has 2 N–H and O–H groups in total. The third kappa shape index (κ3) is 4.51. The van der Waals surface area contributed by atoms with Gasteiger partial charge >= 0.3 is 0 Å². The molecular weight excluding hydrogens is 334 g/mol. The molecule has 0 atom stereocenters. The summed E-state index contributed by atoms with van der Waals surface area (Å²) in [5.41, 5.74) is 2.58. The van der Waals surface area contributed by atoms with Crippen LogP contribution in [-0.2, 0) is 6.42 Å². The minimum Gasteiger partial charge on any atom is -0.352 e. The van der Waals surface area contributed by atoms with Crippen molar-refractivity contribution in [2.24, 2.45) is 0 Å². The van der Waals surface area contributed by atoms with Crippen LogP contribution in [-0.4, -0.2) is 23.3 Å². The number of hydrogen-bond acceptors (Lipinski definition) is 4. The molecule has 3 rings (SSSR count). The Kier molecular flexibility index (Phi) is 5.53. The van der Waals surface area contributed by atoms with Crippen molar-refractivity contribution >= 4 is 28.8 Å². The number of amides is 2. The zero-order valence-corrected chi connectivity index (χ0v) is 14.3. The summed E-state index contributed by atoms with van der Waals surface area (Å²) in [6.45, 7) is 0.497. The monoisotopic (exact) mass is 351 g/mol. The summed E-state index contributed by atoms with van der Waals surface area (Å²) < 4.78 is 0. The number of nitrogens with zero attached hydrogens (tertiary/aromatic N) is 1. The van der Waals surface area contributed by atoms with Crippen molar-refractivity contribution in [2.45, 2.75) is 6.42 Å². The molecule has 126 valence electrons. The molecule has 0 bridgehead atoms. The summed E-state index contributed by atoms with van der Waals surface area (Å²) in [7, 11) is 0. The number of hydrogen-bond donors (Lipinski definition) is 2. The molecule has 0 unspecified atom stereocenters. The van der Waals surface area contributed by atoms with Gasteiger partial charge in [0.15, 0.2) is 0 Å². The maximum atomic E-state index is 12.4. The van der Waals surface area contributed by atoms with Gasteiger partial charge in [0.25, 0.3) is 11.8 Å². The molecule has 2 amide bonds. The van der Waals surface area contributed by atoms with Gasteiger partial charge in [-0.05, 0) is 41.6 Å². The first-order valence-corrected chi connectivity index (χ1v) is 8.78. The highest BCUT2D eigenvalue weighted by Gasteiger charge is 2.14. The quantitative estimate of drug-likeness (QED) is 0.715. The van der Waals surface area contributed by atoms with Crippen LogP contribution in [0, 0.1) is 0 Å². The normalized spacial score (nSPS) is 10.2. The molecule has 0 saturated heterocycles. The first-order valence-electron chi connectivity index (χ1n) is 7.84. The molecule has 5 nitrogen and oxygen atoms in total. The molecule has 25 heavy (non-hydrogen) atoms. The Labute approximate surface area is 149 Å². The van der Waals surface area contributed by atoms with E-state index in [0.29, 0.717) is 29.8 Å². The van der Waals surface area contributed by atoms with Gasteiger partial charge in [-0.1, -0.05) is 18.2 Å². The molecule has 2 aromatic heterocycles. The smallest absolute Gasteiger partial charge is 0.256 e. The van der Waals surface area contributed by atoms with Crippen LogP contribution < -0.4 is 10.6 Å². The highest BCUT2D eigenvalue weighted by Crippen LogP contribution is 2.17. The second-order valence-corrected chi connectivity index (χ2v) is 6.16. The maximum Gasteiger partial charge on any atom is 0.256 e. The number of benzene rings is 1. The number of thiophene rings is 1. The Morgan fingerprint density at radius 2 is 1.92 bits per heavy atom. The summed E-state index contributed by atoms with van der Waals surface area (Å²) in [4.78, 5) is 28.7. The van der Waals surface area contributed by atoms with Gasteiger partial charge in [0.05, 0.1) is 16.8 Å². The lowest BCUT2D eigenvalue weighted by Gasteiger charge is -2.11. The molecule has 6 heteroatoms. The molecule has 0 aliphatic carbocycles. The number of rotatable bonds is 6. The van der Waals surface area contributed by atoms with E-state index in [0.717, 1.165) is 5.56 Å². The fourth-order valence-electron chi connectivity index (χ4n) is 2.34. The van der Waals surface area contributed by atoms with E-state index in [1.165, 1.54) is 11.3 Å². The van der Waals surface area contributed by atoms with Gasteiger partial charge in [0, 0.05) is 24.3 Å². The molecule has 0 aliphatic rings. The lowest BCUT2D eigenvalue weighted by atomic mass is 10.1. The van der Waals surface area contributed by atoms with E-state index in [4.69, 9.17) is 0 Å². The average molecular weight is 351 g/mol. The van der Waals surface area contributed by atoms with Crippen LogP contribution in [0.15, 0.2) is 65.6 Å². The third-order valence-corrected chi connectivity index (χ3v) is 4.31. The second kappa shape index (κ2) is 8.21. The Morgan fingerprint density at radius 1 is 1.04 bits per heavy atom. The first kappa shape index (κ1) is 16.9.